The summed E-state index contributed by atoms with van der Waals surface area (Å²) in [7, 11) is 0. The molecule has 1 unspecified atom stereocenters. The molecule has 108 valence electrons. The zero-order valence-corrected chi connectivity index (χ0v) is 12.4. The second-order valence-electron chi connectivity index (χ2n) is 5.02. The van der Waals surface area contributed by atoms with Crippen LogP contribution in [0.3, 0.4) is 0 Å². The first-order chi connectivity index (χ1) is 8.18. The minimum atomic E-state index is 0. The van der Waals surface area contributed by atoms with E-state index >= 15 is 0 Å². The van der Waals surface area contributed by atoms with E-state index in [9.17, 15) is 4.79 Å². The second-order valence-corrected chi connectivity index (χ2v) is 5.02. The standard InChI is InChI=1S/C13H26N2O2.ClH/c1-11(2)17-9-6-13(16)15-8-5-12-4-3-7-14-10-12;/h11-12,14H,3-10H2,1-2H3,(H,15,16);1H. The van der Waals surface area contributed by atoms with E-state index in [0.717, 1.165) is 32.0 Å². The van der Waals surface area contributed by atoms with E-state index in [1.54, 1.807) is 0 Å². The summed E-state index contributed by atoms with van der Waals surface area (Å²) in [6, 6.07) is 0. The van der Waals surface area contributed by atoms with Crippen molar-refractivity contribution in [3.05, 3.63) is 0 Å². The number of carbonyl (C=O) groups excluding carboxylic acids is 1. The molecule has 0 spiro atoms. The van der Waals surface area contributed by atoms with Gasteiger partial charge >= 0.3 is 0 Å². The molecular weight excluding hydrogens is 252 g/mol. The predicted octanol–water partition coefficient (Wildman–Crippen LogP) is 1.73. The highest BCUT2D eigenvalue weighted by atomic mass is 35.5. The van der Waals surface area contributed by atoms with Gasteiger partial charge in [0.05, 0.1) is 12.7 Å². The van der Waals surface area contributed by atoms with Gasteiger partial charge in [0.1, 0.15) is 0 Å². The van der Waals surface area contributed by atoms with Gasteiger partial charge in [-0.3, -0.25) is 4.79 Å². The third-order valence-electron chi connectivity index (χ3n) is 3.05. The maximum Gasteiger partial charge on any atom is 0.222 e. The maximum atomic E-state index is 11.5. The molecule has 0 aliphatic carbocycles. The Kier molecular flexibility index (Phi) is 10.4. The summed E-state index contributed by atoms with van der Waals surface area (Å²) in [4.78, 5) is 11.5. The van der Waals surface area contributed by atoms with E-state index in [0.29, 0.717) is 13.0 Å². The van der Waals surface area contributed by atoms with Crippen molar-refractivity contribution in [1.29, 1.82) is 0 Å². The number of nitrogens with one attached hydrogen (secondary N) is 2. The fourth-order valence-electron chi connectivity index (χ4n) is 2.06. The Morgan fingerprint density at radius 1 is 1.50 bits per heavy atom. The zero-order chi connectivity index (χ0) is 12.5. The largest absolute Gasteiger partial charge is 0.378 e. The van der Waals surface area contributed by atoms with Gasteiger partial charge in [0.25, 0.3) is 0 Å². The molecule has 1 atom stereocenters. The normalized spacial score (nSPS) is 19.4. The van der Waals surface area contributed by atoms with Gasteiger partial charge in [-0.2, -0.15) is 0 Å². The molecule has 0 saturated carbocycles. The van der Waals surface area contributed by atoms with Crippen molar-refractivity contribution in [2.45, 2.75) is 45.6 Å². The van der Waals surface area contributed by atoms with E-state index < -0.39 is 0 Å². The lowest BCUT2D eigenvalue weighted by Gasteiger charge is -2.22. The highest BCUT2D eigenvalue weighted by Crippen LogP contribution is 2.12. The van der Waals surface area contributed by atoms with Crippen molar-refractivity contribution >= 4 is 18.3 Å². The van der Waals surface area contributed by atoms with Crippen molar-refractivity contribution in [1.82, 2.24) is 10.6 Å². The van der Waals surface area contributed by atoms with Gasteiger partial charge in [0, 0.05) is 13.0 Å². The van der Waals surface area contributed by atoms with Crippen LogP contribution in [0.4, 0.5) is 0 Å². The summed E-state index contributed by atoms with van der Waals surface area (Å²) < 4.78 is 5.34. The lowest BCUT2D eigenvalue weighted by molar-refractivity contribution is -0.122. The Morgan fingerprint density at radius 2 is 2.28 bits per heavy atom. The maximum absolute atomic E-state index is 11.5. The monoisotopic (exact) mass is 278 g/mol. The van der Waals surface area contributed by atoms with Gasteiger partial charge in [-0.25, -0.2) is 0 Å². The van der Waals surface area contributed by atoms with E-state index in [1.807, 2.05) is 13.8 Å². The fraction of sp³-hybridized carbons (Fsp3) is 0.923. The van der Waals surface area contributed by atoms with E-state index in [1.165, 1.54) is 12.8 Å². The Morgan fingerprint density at radius 3 is 2.89 bits per heavy atom. The lowest BCUT2D eigenvalue weighted by atomic mass is 9.96. The molecule has 5 heteroatoms. The van der Waals surface area contributed by atoms with Crippen LogP contribution in [0.15, 0.2) is 0 Å². The Balaban J connectivity index is 0.00000289. The minimum absolute atomic E-state index is 0. The molecule has 1 aliphatic heterocycles. The number of carbonyl (C=O) groups is 1. The summed E-state index contributed by atoms with van der Waals surface area (Å²) in [5.74, 6) is 0.838. The number of rotatable bonds is 7. The van der Waals surface area contributed by atoms with Crippen molar-refractivity contribution in [3.8, 4) is 0 Å². The van der Waals surface area contributed by atoms with Crippen molar-refractivity contribution in [3.63, 3.8) is 0 Å². The fourth-order valence-corrected chi connectivity index (χ4v) is 2.06. The second kappa shape index (κ2) is 10.6. The molecule has 18 heavy (non-hydrogen) atoms. The average molecular weight is 279 g/mol. The molecule has 1 aliphatic rings. The van der Waals surface area contributed by atoms with Crippen LogP contribution in [0.1, 0.15) is 39.5 Å². The topological polar surface area (TPSA) is 50.4 Å². The Hall–Kier alpha value is -0.320. The molecule has 1 amide bonds. The zero-order valence-electron chi connectivity index (χ0n) is 11.5. The van der Waals surface area contributed by atoms with Gasteiger partial charge in [0.15, 0.2) is 0 Å². The van der Waals surface area contributed by atoms with Crippen molar-refractivity contribution in [2.75, 3.05) is 26.2 Å². The SMILES string of the molecule is CC(C)OCCC(=O)NCCC1CCCNC1.Cl. The predicted molar refractivity (Wildman–Crippen MR) is 76.2 cm³/mol. The molecule has 0 aromatic heterocycles. The lowest BCUT2D eigenvalue weighted by Crippen LogP contribution is -2.33. The molecule has 2 N–H and O–H groups in total. The molecule has 0 aromatic carbocycles. The quantitative estimate of drug-likeness (QED) is 0.746. The highest BCUT2D eigenvalue weighted by molar-refractivity contribution is 5.85. The molecular formula is C13H27ClN2O2. The smallest absolute Gasteiger partial charge is 0.222 e. The van der Waals surface area contributed by atoms with E-state index in [-0.39, 0.29) is 24.4 Å². The number of ether oxygens (including phenoxy) is 1. The molecule has 1 rings (SSSR count). The van der Waals surface area contributed by atoms with Crippen LogP contribution < -0.4 is 10.6 Å². The number of halogens is 1. The van der Waals surface area contributed by atoms with Crippen LogP contribution in [0.2, 0.25) is 0 Å². The summed E-state index contributed by atoms with van der Waals surface area (Å²) in [6.07, 6.45) is 4.32. The van der Waals surface area contributed by atoms with Crippen LogP contribution in [-0.4, -0.2) is 38.3 Å². The summed E-state index contributed by atoms with van der Waals surface area (Å²) in [5, 5.41) is 6.34. The first-order valence-electron chi connectivity index (χ1n) is 6.77. The number of hydrogen-bond acceptors (Lipinski definition) is 3. The summed E-state index contributed by atoms with van der Waals surface area (Å²) >= 11 is 0. The number of amides is 1. The Bertz CT molecular complexity index is 219. The Labute approximate surface area is 117 Å². The van der Waals surface area contributed by atoms with Gasteiger partial charge in [-0.15, -0.1) is 12.4 Å². The van der Waals surface area contributed by atoms with Crippen LogP contribution >= 0.6 is 12.4 Å². The van der Waals surface area contributed by atoms with Gasteiger partial charge in [-0.1, -0.05) is 0 Å². The summed E-state index contributed by atoms with van der Waals surface area (Å²) in [6.45, 7) is 7.53. The van der Waals surface area contributed by atoms with Crippen LogP contribution in [0.25, 0.3) is 0 Å². The molecule has 1 heterocycles. The van der Waals surface area contributed by atoms with Gasteiger partial charge < -0.3 is 15.4 Å². The molecule has 1 saturated heterocycles. The van der Waals surface area contributed by atoms with Crippen molar-refractivity contribution in [2.24, 2.45) is 5.92 Å². The van der Waals surface area contributed by atoms with Crippen LogP contribution in [0.5, 0.6) is 0 Å². The first-order valence-corrected chi connectivity index (χ1v) is 6.77. The van der Waals surface area contributed by atoms with Crippen LogP contribution in [0, 0.1) is 5.92 Å². The third kappa shape index (κ3) is 8.72. The summed E-state index contributed by atoms with van der Waals surface area (Å²) in [5.41, 5.74) is 0. The van der Waals surface area contributed by atoms with Gasteiger partial charge in [-0.05, 0) is 52.1 Å². The van der Waals surface area contributed by atoms with Gasteiger partial charge in [0.2, 0.25) is 5.91 Å². The number of piperidine rings is 1. The molecule has 0 aromatic rings. The third-order valence-corrected chi connectivity index (χ3v) is 3.05. The van der Waals surface area contributed by atoms with Crippen molar-refractivity contribution < 1.29 is 9.53 Å². The first kappa shape index (κ1) is 17.7. The minimum Gasteiger partial charge on any atom is -0.378 e. The van der Waals surface area contributed by atoms with E-state index in [2.05, 4.69) is 10.6 Å². The van der Waals surface area contributed by atoms with E-state index in [4.69, 9.17) is 4.74 Å². The number of hydrogen-bond donors (Lipinski definition) is 2. The highest BCUT2D eigenvalue weighted by Gasteiger charge is 2.12. The van der Waals surface area contributed by atoms with Crippen LogP contribution in [-0.2, 0) is 9.53 Å². The molecule has 0 bridgehead atoms. The molecule has 0 radical (unpaired) electrons. The molecule has 1 fully saturated rings. The molecule has 4 nitrogen and oxygen atoms in total. The average Bonchev–Trinajstić information content (AvgIpc) is 2.30.